The van der Waals surface area contributed by atoms with Gasteiger partial charge in [0, 0.05) is 6.54 Å². The third kappa shape index (κ3) is 4.07. The maximum atomic E-state index is 11.0. The molecule has 0 heterocycles. The fraction of sp³-hybridized carbons (Fsp3) is 0.600. The molecule has 4 nitrogen and oxygen atoms in total. The van der Waals surface area contributed by atoms with E-state index < -0.39 is 18.3 Å². The molecule has 1 aliphatic rings. The van der Waals surface area contributed by atoms with Gasteiger partial charge in [-0.3, -0.25) is 9.59 Å². The van der Waals surface area contributed by atoms with E-state index >= 15 is 0 Å². The zero-order valence-electron chi connectivity index (χ0n) is 8.03. The van der Waals surface area contributed by atoms with E-state index in [1.54, 1.807) is 0 Å². The van der Waals surface area contributed by atoms with Crippen LogP contribution in [0.1, 0.15) is 25.7 Å². The molecule has 0 radical (unpaired) electrons. The first-order valence-corrected chi connectivity index (χ1v) is 4.82. The van der Waals surface area contributed by atoms with Crippen molar-refractivity contribution in [3.05, 3.63) is 12.2 Å². The Labute approximate surface area is 83.0 Å². The van der Waals surface area contributed by atoms with Gasteiger partial charge in [-0.1, -0.05) is 12.2 Å². The zero-order valence-corrected chi connectivity index (χ0v) is 8.03. The van der Waals surface area contributed by atoms with E-state index in [-0.39, 0.29) is 0 Å². The average molecular weight is 197 g/mol. The molecule has 2 N–H and O–H groups in total. The second kappa shape index (κ2) is 5.42. The highest BCUT2D eigenvalue weighted by Crippen LogP contribution is 2.16. The Kier molecular flexibility index (Phi) is 4.16. The number of hydrogen-bond donors (Lipinski definition) is 2. The molecule has 0 saturated carbocycles. The molecule has 1 amide bonds. The second-order valence-corrected chi connectivity index (χ2v) is 3.53. The van der Waals surface area contributed by atoms with Crippen molar-refractivity contribution >= 4 is 11.9 Å². The SMILES string of the molecule is O=C(O)CC(=O)NCC1CC=CCC1. The Morgan fingerprint density at radius 1 is 1.43 bits per heavy atom. The van der Waals surface area contributed by atoms with Gasteiger partial charge in [0.15, 0.2) is 0 Å². The summed E-state index contributed by atoms with van der Waals surface area (Å²) < 4.78 is 0. The van der Waals surface area contributed by atoms with Crippen LogP contribution in [0.15, 0.2) is 12.2 Å². The molecule has 4 heteroatoms. The van der Waals surface area contributed by atoms with Crippen LogP contribution < -0.4 is 5.32 Å². The fourth-order valence-electron chi connectivity index (χ4n) is 1.50. The van der Waals surface area contributed by atoms with Gasteiger partial charge >= 0.3 is 5.97 Å². The predicted molar refractivity (Wildman–Crippen MR) is 51.7 cm³/mol. The van der Waals surface area contributed by atoms with Crippen molar-refractivity contribution in [3.63, 3.8) is 0 Å². The van der Waals surface area contributed by atoms with Crippen LogP contribution in [-0.2, 0) is 9.59 Å². The molecule has 0 saturated heterocycles. The third-order valence-corrected chi connectivity index (χ3v) is 2.28. The number of nitrogens with one attached hydrogen (secondary N) is 1. The minimum Gasteiger partial charge on any atom is -0.481 e. The predicted octanol–water partition coefficient (Wildman–Crippen LogP) is 0.934. The summed E-state index contributed by atoms with van der Waals surface area (Å²) in [6, 6.07) is 0. The summed E-state index contributed by atoms with van der Waals surface area (Å²) in [5, 5.41) is 11.0. The van der Waals surface area contributed by atoms with Crippen molar-refractivity contribution in [1.29, 1.82) is 0 Å². The topological polar surface area (TPSA) is 66.4 Å². The van der Waals surface area contributed by atoms with Crippen molar-refractivity contribution in [2.75, 3.05) is 6.54 Å². The highest BCUT2D eigenvalue weighted by Gasteiger charge is 2.12. The molecule has 78 valence electrons. The van der Waals surface area contributed by atoms with Crippen molar-refractivity contribution in [3.8, 4) is 0 Å². The molecule has 0 bridgehead atoms. The summed E-state index contributed by atoms with van der Waals surface area (Å²) >= 11 is 0. The van der Waals surface area contributed by atoms with Gasteiger partial charge in [-0.25, -0.2) is 0 Å². The molecule has 0 aliphatic heterocycles. The summed E-state index contributed by atoms with van der Waals surface area (Å²) in [5.74, 6) is -1.00. The van der Waals surface area contributed by atoms with Crippen LogP contribution in [-0.4, -0.2) is 23.5 Å². The number of carbonyl (C=O) groups is 2. The van der Waals surface area contributed by atoms with Crippen LogP contribution in [0.2, 0.25) is 0 Å². The van der Waals surface area contributed by atoms with Crippen molar-refractivity contribution < 1.29 is 14.7 Å². The Morgan fingerprint density at radius 2 is 2.21 bits per heavy atom. The van der Waals surface area contributed by atoms with E-state index in [4.69, 9.17) is 5.11 Å². The molecular weight excluding hydrogens is 182 g/mol. The molecular formula is C10H15NO3. The number of carboxylic acids is 1. The Balaban J connectivity index is 2.16. The number of rotatable bonds is 4. The smallest absolute Gasteiger partial charge is 0.312 e. The van der Waals surface area contributed by atoms with Crippen LogP contribution in [0.3, 0.4) is 0 Å². The minimum atomic E-state index is -1.08. The number of carbonyl (C=O) groups excluding carboxylic acids is 1. The van der Waals surface area contributed by atoms with Crippen LogP contribution in [0, 0.1) is 5.92 Å². The first kappa shape index (κ1) is 10.8. The number of carboxylic acid groups (broad SMARTS) is 1. The van der Waals surface area contributed by atoms with Gasteiger partial charge in [0.1, 0.15) is 6.42 Å². The van der Waals surface area contributed by atoms with Crippen LogP contribution in [0.5, 0.6) is 0 Å². The first-order chi connectivity index (χ1) is 6.68. The number of hydrogen-bond acceptors (Lipinski definition) is 2. The Morgan fingerprint density at radius 3 is 2.79 bits per heavy atom. The van der Waals surface area contributed by atoms with E-state index in [0.29, 0.717) is 12.5 Å². The normalized spacial score (nSPS) is 20.4. The third-order valence-electron chi connectivity index (χ3n) is 2.28. The average Bonchev–Trinajstić information content (AvgIpc) is 2.15. The Bertz CT molecular complexity index is 248. The maximum Gasteiger partial charge on any atom is 0.312 e. The summed E-state index contributed by atoms with van der Waals surface area (Å²) in [4.78, 5) is 21.2. The molecule has 0 spiro atoms. The number of aliphatic carboxylic acids is 1. The first-order valence-electron chi connectivity index (χ1n) is 4.82. The molecule has 0 fully saturated rings. The summed E-state index contributed by atoms with van der Waals surface area (Å²) in [7, 11) is 0. The van der Waals surface area contributed by atoms with E-state index in [1.807, 2.05) is 0 Å². The molecule has 0 aromatic rings. The highest BCUT2D eigenvalue weighted by atomic mass is 16.4. The largest absolute Gasteiger partial charge is 0.481 e. The molecule has 1 unspecified atom stereocenters. The van der Waals surface area contributed by atoms with Gasteiger partial charge in [0.2, 0.25) is 5.91 Å². The Hall–Kier alpha value is -1.32. The van der Waals surface area contributed by atoms with Gasteiger partial charge in [-0.05, 0) is 25.2 Å². The van der Waals surface area contributed by atoms with E-state index in [1.165, 1.54) is 0 Å². The van der Waals surface area contributed by atoms with Crippen molar-refractivity contribution in [2.24, 2.45) is 5.92 Å². The lowest BCUT2D eigenvalue weighted by Crippen LogP contribution is -2.31. The molecule has 1 aliphatic carbocycles. The number of amides is 1. The quantitative estimate of drug-likeness (QED) is 0.520. The van der Waals surface area contributed by atoms with Crippen LogP contribution >= 0.6 is 0 Å². The van der Waals surface area contributed by atoms with Crippen LogP contribution in [0.4, 0.5) is 0 Å². The molecule has 0 aromatic carbocycles. The standard InChI is InChI=1S/C10H15NO3/c12-9(6-10(13)14)11-7-8-4-2-1-3-5-8/h1-2,8H,3-7H2,(H,11,12)(H,13,14). The van der Waals surface area contributed by atoms with Gasteiger partial charge in [0.25, 0.3) is 0 Å². The lowest BCUT2D eigenvalue weighted by molar-refractivity contribution is -0.140. The second-order valence-electron chi connectivity index (χ2n) is 3.53. The lowest BCUT2D eigenvalue weighted by atomic mass is 9.94. The summed E-state index contributed by atoms with van der Waals surface area (Å²) in [5.41, 5.74) is 0. The highest BCUT2D eigenvalue weighted by molar-refractivity contribution is 5.93. The van der Waals surface area contributed by atoms with Gasteiger partial charge < -0.3 is 10.4 Å². The molecule has 1 rings (SSSR count). The minimum absolute atomic E-state index is 0.396. The van der Waals surface area contributed by atoms with Gasteiger partial charge in [0.05, 0.1) is 0 Å². The van der Waals surface area contributed by atoms with Crippen LogP contribution in [0.25, 0.3) is 0 Å². The summed E-state index contributed by atoms with van der Waals surface area (Å²) in [6.07, 6.45) is 6.92. The van der Waals surface area contributed by atoms with E-state index in [9.17, 15) is 9.59 Å². The monoisotopic (exact) mass is 197 g/mol. The van der Waals surface area contributed by atoms with Gasteiger partial charge in [-0.2, -0.15) is 0 Å². The maximum absolute atomic E-state index is 11.0. The lowest BCUT2D eigenvalue weighted by Gasteiger charge is -2.17. The zero-order chi connectivity index (χ0) is 10.4. The van der Waals surface area contributed by atoms with E-state index in [2.05, 4.69) is 17.5 Å². The number of allylic oxidation sites excluding steroid dienone is 2. The van der Waals surface area contributed by atoms with Crippen molar-refractivity contribution in [2.45, 2.75) is 25.7 Å². The fourth-order valence-corrected chi connectivity index (χ4v) is 1.50. The molecule has 14 heavy (non-hydrogen) atoms. The van der Waals surface area contributed by atoms with E-state index in [0.717, 1.165) is 19.3 Å². The molecule has 1 atom stereocenters. The van der Waals surface area contributed by atoms with Crippen molar-refractivity contribution in [1.82, 2.24) is 5.32 Å². The molecule has 0 aromatic heterocycles. The van der Waals surface area contributed by atoms with Gasteiger partial charge in [-0.15, -0.1) is 0 Å². The summed E-state index contributed by atoms with van der Waals surface area (Å²) in [6.45, 7) is 0.594.